The van der Waals surface area contributed by atoms with E-state index in [1.165, 1.54) is 0 Å². The van der Waals surface area contributed by atoms with Crippen LogP contribution in [0.3, 0.4) is 0 Å². The van der Waals surface area contributed by atoms with Crippen molar-refractivity contribution in [3.63, 3.8) is 0 Å². The molecule has 0 aliphatic carbocycles. The van der Waals surface area contributed by atoms with Gasteiger partial charge in [-0.05, 0) is 23.6 Å². The number of carboxylic acid groups (broad SMARTS) is 1. The van der Waals surface area contributed by atoms with E-state index in [0.29, 0.717) is 6.54 Å². The summed E-state index contributed by atoms with van der Waals surface area (Å²) in [6.07, 6.45) is 3.29. The van der Waals surface area contributed by atoms with E-state index in [2.05, 4.69) is 15.6 Å². The highest BCUT2D eigenvalue weighted by Crippen LogP contribution is 2.09. The Bertz CT molecular complexity index is 420. The van der Waals surface area contributed by atoms with E-state index >= 15 is 0 Å². The molecule has 104 valence electrons. The molecule has 1 unspecified atom stereocenters. The third-order valence-electron chi connectivity index (χ3n) is 2.81. The lowest BCUT2D eigenvalue weighted by Crippen LogP contribution is -2.41. The second-order valence-electron chi connectivity index (χ2n) is 4.61. The molecule has 2 amide bonds. The molecule has 0 fully saturated rings. The van der Waals surface area contributed by atoms with E-state index in [1.807, 2.05) is 13.8 Å². The van der Waals surface area contributed by atoms with Crippen molar-refractivity contribution in [2.75, 3.05) is 6.54 Å². The van der Waals surface area contributed by atoms with Gasteiger partial charge in [-0.25, -0.2) is 4.79 Å². The number of nitrogens with zero attached hydrogens (tertiary/aromatic N) is 1. The Hall–Kier alpha value is -2.11. The van der Waals surface area contributed by atoms with Crippen LogP contribution in [0.1, 0.15) is 19.4 Å². The summed E-state index contributed by atoms with van der Waals surface area (Å²) in [4.78, 5) is 26.4. The van der Waals surface area contributed by atoms with E-state index in [0.717, 1.165) is 5.56 Å². The maximum atomic E-state index is 11.5. The van der Waals surface area contributed by atoms with Crippen LogP contribution in [0.15, 0.2) is 24.5 Å². The van der Waals surface area contributed by atoms with Crippen LogP contribution in [0.4, 0.5) is 4.79 Å². The molecule has 1 aromatic heterocycles. The van der Waals surface area contributed by atoms with Gasteiger partial charge in [-0.15, -0.1) is 0 Å². The van der Waals surface area contributed by atoms with Crippen LogP contribution >= 0.6 is 0 Å². The van der Waals surface area contributed by atoms with E-state index in [1.54, 1.807) is 24.5 Å². The Labute approximate surface area is 112 Å². The van der Waals surface area contributed by atoms with Gasteiger partial charge >= 0.3 is 12.0 Å². The lowest BCUT2D eigenvalue weighted by Gasteiger charge is -2.17. The average Bonchev–Trinajstić information content (AvgIpc) is 2.37. The summed E-state index contributed by atoms with van der Waals surface area (Å²) in [6, 6.07) is 3.23. The Morgan fingerprint density at radius 2 is 1.89 bits per heavy atom. The molecule has 0 saturated heterocycles. The van der Waals surface area contributed by atoms with E-state index in [9.17, 15) is 9.59 Å². The van der Waals surface area contributed by atoms with Crippen molar-refractivity contribution in [1.29, 1.82) is 0 Å². The van der Waals surface area contributed by atoms with Gasteiger partial charge in [0.1, 0.15) is 0 Å². The number of aliphatic carboxylic acids is 1. The number of carbonyl (C=O) groups is 2. The molecule has 1 rings (SSSR count). The predicted octanol–water partition coefficient (Wildman–Crippen LogP) is 1.24. The molecule has 0 saturated carbocycles. The van der Waals surface area contributed by atoms with Gasteiger partial charge in [-0.2, -0.15) is 0 Å². The smallest absolute Gasteiger partial charge is 0.315 e. The van der Waals surface area contributed by atoms with E-state index in [4.69, 9.17) is 5.11 Å². The van der Waals surface area contributed by atoms with Gasteiger partial charge in [-0.1, -0.05) is 13.8 Å². The third kappa shape index (κ3) is 5.37. The summed E-state index contributed by atoms with van der Waals surface area (Å²) < 4.78 is 0. The highest BCUT2D eigenvalue weighted by molar-refractivity contribution is 5.75. The number of pyridine rings is 1. The van der Waals surface area contributed by atoms with Crippen LogP contribution in [-0.4, -0.2) is 28.6 Å². The standard InChI is InChI=1S/C13H19N3O3/c1-9(2)11(12(17)18)8-16-13(19)15-7-10-3-5-14-6-4-10/h3-6,9,11H,7-8H2,1-2H3,(H,17,18)(H2,15,16,19). The lowest BCUT2D eigenvalue weighted by molar-refractivity contribution is -0.142. The Balaban J connectivity index is 2.33. The maximum Gasteiger partial charge on any atom is 0.315 e. The molecule has 0 bridgehead atoms. The molecule has 19 heavy (non-hydrogen) atoms. The normalized spacial score (nSPS) is 11.9. The van der Waals surface area contributed by atoms with Crippen LogP contribution in [0.2, 0.25) is 0 Å². The first-order valence-corrected chi connectivity index (χ1v) is 6.14. The summed E-state index contributed by atoms with van der Waals surface area (Å²) in [6.45, 7) is 4.13. The summed E-state index contributed by atoms with van der Waals surface area (Å²) in [5, 5.41) is 14.2. The average molecular weight is 265 g/mol. The van der Waals surface area contributed by atoms with Crippen LogP contribution in [-0.2, 0) is 11.3 Å². The summed E-state index contributed by atoms with van der Waals surface area (Å²) >= 11 is 0. The van der Waals surface area contributed by atoms with Crippen LogP contribution in [0, 0.1) is 11.8 Å². The number of urea groups is 1. The number of hydrogen-bond donors (Lipinski definition) is 3. The quantitative estimate of drug-likeness (QED) is 0.721. The fraction of sp³-hybridized carbons (Fsp3) is 0.462. The molecule has 0 radical (unpaired) electrons. The molecule has 0 aliphatic heterocycles. The maximum absolute atomic E-state index is 11.5. The fourth-order valence-corrected chi connectivity index (χ4v) is 1.56. The first kappa shape index (κ1) is 14.9. The first-order valence-electron chi connectivity index (χ1n) is 6.14. The molecular weight excluding hydrogens is 246 g/mol. The number of carbonyl (C=O) groups excluding carboxylic acids is 1. The second-order valence-corrected chi connectivity index (χ2v) is 4.61. The highest BCUT2D eigenvalue weighted by Gasteiger charge is 2.21. The van der Waals surface area contributed by atoms with Crippen molar-refractivity contribution in [2.24, 2.45) is 11.8 Å². The summed E-state index contributed by atoms with van der Waals surface area (Å²) in [5.41, 5.74) is 0.934. The van der Waals surface area contributed by atoms with Gasteiger partial charge in [0.15, 0.2) is 0 Å². The van der Waals surface area contributed by atoms with Crippen LogP contribution in [0.5, 0.6) is 0 Å². The van der Waals surface area contributed by atoms with Crippen molar-refractivity contribution in [2.45, 2.75) is 20.4 Å². The van der Waals surface area contributed by atoms with E-state index in [-0.39, 0.29) is 18.5 Å². The number of nitrogens with one attached hydrogen (secondary N) is 2. The van der Waals surface area contributed by atoms with Crippen molar-refractivity contribution in [3.8, 4) is 0 Å². The number of amides is 2. The zero-order valence-corrected chi connectivity index (χ0v) is 11.1. The van der Waals surface area contributed by atoms with E-state index < -0.39 is 11.9 Å². The van der Waals surface area contributed by atoms with Gasteiger partial charge in [-0.3, -0.25) is 9.78 Å². The zero-order chi connectivity index (χ0) is 14.3. The monoisotopic (exact) mass is 265 g/mol. The highest BCUT2D eigenvalue weighted by atomic mass is 16.4. The number of aromatic nitrogens is 1. The zero-order valence-electron chi connectivity index (χ0n) is 11.1. The lowest BCUT2D eigenvalue weighted by atomic mass is 9.96. The fourth-order valence-electron chi connectivity index (χ4n) is 1.56. The van der Waals surface area contributed by atoms with Gasteiger partial charge in [0.05, 0.1) is 5.92 Å². The minimum Gasteiger partial charge on any atom is -0.481 e. The third-order valence-corrected chi connectivity index (χ3v) is 2.81. The molecule has 0 aromatic carbocycles. The van der Waals surface area contributed by atoms with Crippen molar-refractivity contribution in [1.82, 2.24) is 15.6 Å². The minimum atomic E-state index is -0.899. The molecule has 0 spiro atoms. The Morgan fingerprint density at radius 1 is 1.26 bits per heavy atom. The van der Waals surface area contributed by atoms with Crippen LogP contribution in [0.25, 0.3) is 0 Å². The second kappa shape index (κ2) is 7.35. The van der Waals surface area contributed by atoms with Gasteiger partial charge in [0.2, 0.25) is 0 Å². The molecule has 1 aromatic rings. The van der Waals surface area contributed by atoms with Gasteiger partial charge in [0.25, 0.3) is 0 Å². The van der Waals surface area contributed by atoms with Crippen molar-refractivity contribution in [3.05, 3.63) is 30.1 Å². The SMILES string of the molecule is CC(C)C(CNC(=O)NCc1ccncc1)C(=O)O. The molecule has 3 N–H and O–H groups in total. The van der Waals surface area contributed by atoms with Gasteiger partial charge < -0.3 is 15.7 Å². The molecule has 6 heteroatoms. The number of carboxylic acids is 1. The van der Waals surface area contributed by atoms with Gasteiger partial charge in [0, 0.05) is 25.5 Å². The van der Waals surface area contributed by atoms with Crippen molar-refractivity contribution < 1.29 is 14.7 Å². The van der Waals surface area contributed by atoms with Crippen LogP contribution < -0.4 is 10.6 Å². The van der Waals surface area contributed by atoms with Crippen molar-refractivity contribution >= 4 is 12.0 Å². The number of hydrogen-bond acceptors (Lipinski definition) is 3. The molecule has 1 heterocycles. The molecule has 1 atom stereocenters. The molecule has 0 aliphatic rings. The number of rotatable bonds is 6. The molecular formula is C13H19N3O3. The summed E-state index contributed by atoms with van der Waals surface area (Å²) in [5.74, 6) is -1.51. The Morgan fingerprint density at radius 3 is 2.42 bits per heavy atom. The predicted molar refractivity (Wildman–Crippen MR) is 70.4 cm³/mol. The first-order chi connectivity index (χ1) is 9.00. The summed E-state index contributed by atoms with van der Waals surface area (Å²) in [7, 11) is 0. The largest absolute Gasteiger partial charge is 0.481 e. The molecule has 6 nitrogen and oxygen atoms in total. The minimum absolute atomic E-state index is 0.0296. The topological polar surface area (TPSA) is 91.3 Å². The Kier molecular flexibility index (Phi) is 5.78.